The topological polar surface area (TPSA) is 78.0 Å². The molecule has 1 aromatic carbocycles. The molecule has 2 amide bonds. The molecular formula is C24H35N3O4S. The highest BCUT2D eigenvalue weighted by atomic mass is 32.2. The summed E-state index contributed by atoms with van der Waals surface area (Å²) in [6.07, 6.45) is 5.40. The fourth-order valence-electron chi connectivity index (χ4n) is 4.93. The molecule has 2 saturated heterocycles. The van der Waals surface area contributed by atoms with E-state index >= 15 is 0 Å². The fourth-order valence-corrected chi connectivity index (χ4v) is 6.45. The van der Waals surface area contributed by atoms with Crippen LogP contribution >= 0.6 is 0 Å². The van der Waals surface area contributed by atoms with Crippen molar-refractivity contribution >= 4 is 27.5 Å². The first-order valence-corrected chi connectivity index (χ1v) is 13.4. The summed E-state index contributed by atoms with van der Waals surface area (Å²) in [4.78, 5) is 29.5. The Hall–Kier alpha value is -1.93. The van der Waals surface area contributed by atoms with Gasteiger partial charge in [-0.1, -0.05) is 13.8 Å². The number of hydrogen-bond donors (Lipinski definition) is 0. The summed E-state index contributed by atoms with van der Waals surface area (Å²) in [6.45, 7) is 6.95. The number of fused-ring (bicyclic) bond motifs is 1. The monoisotopic (exact) mass is 461 g/mol. The predicted molar refractivity (Wildman–Crippen MR) is 124 cm³/mol. The van der Waals surface area contributed by atoms with Gasteiger partial charge in [0, 0.05) is 38.3 Å². The number of sulfonamides is 1. The van der Waals surface area contributed by atoms with Crippen molar-refractivity contribution < 1.29 is 18.0 Å². The molecule has 8 heteroatoms. The molecule has 1 aromatic rings. The van der Waals surface area contributed by atoms with Crippen LogP contribution in [0.3, 0.4) is 0 Å². The van der Waals surface area contributed by atoms with Crippen molar-refractivity contribution in [2.75, 3.05) is 37.6 Å². The van der Waals surface area contributed by atoms with Crippen LogP contribution in [0.1, 0.15) is 57.9 Å². The Bertz CT molecular complexity index is 961. The van der Waals surface area contributed by atoms with Gasteiger partial charge in [0.15, 0.2) is 0 Å². The number of carbonyl (C=O) groups excluding carboxylic acids is 2. The van der Waals surface area contributed by atoms with Crippen molar-refractivity contribution in [1.82, 2.24) is 9.21 Å². The van der Waals surface area contributed by atoms with E-state index in [1.807, 2.05) is 4.90 Å². The Kier molecular flexibility index (Phi) is 6.91. The van der Waals surface area contributed by atoms with Gasteiger partial charge in [0.05, 0.1) is 4.90 Å². The SMILES string of the molecule is CC1CCN(C(=O)CN2C(=O)CCCc3cc(S(=O)(=O)N4CCC(C)CC4)ccc32)CC1. The van der Waals surface area contributed by atoms with Crippen molar-refractivity contribution in [2.45, 2.75) is 63.7 Å². The van der Waals surface area contributed by atoms with Gasteiger partial charge in [-0.15, -0.1) is 0 Å². The third kappa shape index (κ3) is 4.86. The number of hydrogen-bond acceptors (Lipinski definition) is 4. The molecule has 0 saturated carbocycles. The van der Waals surface area contributed by atoms with E-state index in [-0.39, 0.29) is 23.3 Å². The molecule has 4 rings (SSSR count). The first-order chi connectivity index (χ1) is 15.3. The largest absolute Gasteiger partial charge is 0.341 e. The highest BCUT2D eigenvalue weighted by Gasteiger charge is 2.31. The van der Waals surface area contributed by atoms with Crippen molar-refractivity contribution in [2.24, 2.45) is 11.8 Å². The quantitative estimate of drug-likeness (QED) is 0.691. The Balaban J connectivity index is 1.56. The van der Waals surface area contributed by atoms with Gasteiger partial charge in [-0.2, -0.15) is 4.31 Å². The molecule has 2 fully saturated rings. The summed E-state index contributed by atoms with van der Waals surface area (Å²) in [5.74, 6) is 1.08. The van der Waals surface area contributed by atoms with Crippen LogP contribution in [0.5, 0.6) is 0 Å². The van der Waals surface area contributed by atoms with Crippen LogP contribution in [0.2, 0.25) is 0 Å². The number of nitrogens with zero attached hydrogens (tertiary/aromatic N) is 3. The van der Waals surface area contributed by atoms with Crippen LogP contribution in [-0.4, -0.2) is 62.2 Å². The van der Waals surface area contributed by atoms with Crippen molar-refractivity contribution in [1.29, 1.82) is 0 Å². The average molecular weight is 462 g/mol. The van der Waals surface area contributed by atoms with Gasteiger partial charge in [-0.25, -0.2) is 8.42 Å². The molecule has 32 heavy (non-hydrogen) atoms. The smallest absolute Gasteiger partial charge is 0.243 e. The number of rotatable bonds is 4. The maximum Gasteiger partial charge on any atom is 0.243 e. The lowest BCUT2D eigenvalue weighted by Crippen LogP contribution is -2.45. The number of piperidine rings is 2. The van der Waals surface area contributed by atoms with E-state index in [2.05, 4.69) is 13.8 Å². The zero-order valence-electron chi connectivity index (χ0n) is 19.3. The molecule has 0 spiro atoms. The van der Waals surface area contributed by atoms with Gasteiger partial charge in [-0.3, -0.25) is 9.59 Å². The maximum absolute atomic E-state index is 13.2. The lowest BCUT2D eigenvalue weighted by Gasteiger charge is -2.32. The van der Waals surface area contributed by atoms with E-state index in [9.17, 15) is 18.0 Å². The second kappa shape index (κ2) is 9.51. The predicted octanol–water partition coefficient (Wildman–Crippen LogP) is 3.04. The Morgan fingerprint density at radius 2 is 1.59 bits per heavy atom. The summed E-state index contributed by atoms with van der Waals surface area (Å²) in [6, 6.07) is 5.05. The first kappa shape index (κ1) is 23.2. The molecule has 0 unspecified atom stereocenters. The molecule has 0 aliphatic carbocycles. The molecule has 7 nitrogen and oxygen atoms in total. The van der Waals surface area contributed by atoms with Crippen molar-refractivity contribution in [3.63, 3.8) is 0 Å². The minimum absolute atomic E-state index is 0.0241. The number of likely N-dealkylation sites (tertiary alicyclic amines) is 1. The van der Waals surface area contributed by atoms with Crippen LogP contribution in [0.25, 0.3) is 0 Å². The molecule has 0 aromatic heterocycles. The summed E-state index contributed by atoms with van der Waals surface area (Å²) >= 11 is 0. The van der Waals surface area contributed by atoms with E-state index in [0.717, 1.165) is 44.3 Å². The van der Waals surface area contributed by atoms with Gasteiger partial charge in [0.1, 0.15) is 6.54 Å². The summed E-state index contributed by atoms with van der Waals surface area (Å²) in [5, 5.41) is 0. The molecule has 176 valence electrons. The Morgan fingerprint density at radius 3 is 2.25 bits per heavy atom. The Labute approximate surface area is 191 Å². The lowest BCUT2D eigenvalue weighted by atomic mass is 9.99. The minimum atomic E-state index is -3.55. The van der Waals surface area contributed by atoms with Gasteiger partial charge in [0.2, 0.25) is 21.8 Å². The van der Waals surface area contributed by atoms with Gasteiger partial charge >= 0.3 is 0 Å². The molecule has 3 aliphatic heterocycles. The normalized spacial score (nSPS) is 22.0. The number of aryl methyl sites for hydroxylation is 1. The third-order valence-corrected chi connectivity index (χ3v) is 9.18. The van der Waals surface area contributed by atoms with Crippen molar-refractivity contribution in [3.8, 4) is 0 Å². The first-order valence-electron chi connectivity index (χ1n) is 12.0. The summed E-state index contributed by atoms with van der Waals surface area (Å²) in [7, 11) is -3.55. The van der Waals surface area contributed by atoms with E-state index in [1.54, 1.807) is 27.4 Å². The number of anilines is 1. The van der Waals surface area contributed by atoms with Gasteiger partial charge in [-0.05, 0) is 74.1 Å². The molecule has 0 radical (unpaired) electrons. The zero-order valence-corrected chi connectivity index (χ0v) is 20.1. The van der Waals surface area contributed by atoms with Crippen LogP contribution < -0.4 is 4.90 Å². The lowest BCUT2D eigenvalue weighted by molar-refractivity contribution is -0.132. The van der Waals surface area contributed by atoms with Crippen LogP contribution in [0, 0.1) is 11.8 Å². The van der Waals surface area contributed by atoms with Crippen molar-refractivity contribution in [3.05, 3.63) is 23.8 Å². The van der Waals surface area contributed by atoms with Crippen LogP contribution in [0.4, 0.5) is 5.69 Å². The van der Waals surface area contributed by atoms with E-state index in [0.29, 0.717) is 49.9 Å². The van der Waals surface area contributed by atoms with Gasteiger partial charge < -0.3 is 9.80 Å². The summed E-state index contributed by atoms with van der Waals surface area (Å²) < 4.78 is 28.0. The highest BCUT2D eigenvalue weighted by molar-refractivity contribution is 7.89. The summed E-state index contributed by atoms with van der Waals surface area (Å²) in [5.41, 5.74) is 1.51. The highest BCUT2D eigenvalue weighted by Crippen LogP contribution is 2.32. The standard InChI is InChI=1S/C24H35N3O4S/c1-18-8-12-25(13-9-18)24(29)17-27-22-7-6-21(16-20(22)4-3-5-23(27)28)32(30,31)26-14-10-19(2)11-15-26/h6-7,16,18-19H,3-5,8-15,17H2,1-2H3. The average Bonchev–Trinajstić information content (AvgIpc) is 2.92. The van der Waals surface area contributed by atoms with Gasteiger partial charge in [0.25, 0.3) is 0 Å². The molecule has 0 bridgehead atoms. The minimum Gasteiger partial charge on any atom is -0.341 e. The second-order valence-corrected chi connectivity index (χ2v) is 11.7. The number of carbonyl (C=O) groups is 2. The molecule has 3 aliphatic rings. The number of benzene rings is 1. The molecule has 0 atom stereocenters. The van der Waals surface area contributed by atoms with Crippen LogP contribution in [0.15, 0.2) is 23.1 Å². The Morgan fingerprint density at radius 1 is 0.969 bits per heavy atom. The number of amides is 2. The fraction of sp³-hybridized carbons (Fsp3) is 0.667. The molecule has 3 heterocycles. The van der Waals surface area contributed by atoms with E-state index < -0.39 is 10.0 Å². The molecular weight excluding hydrogens is 426 g/mol. The zero-order chi connectivity index (χ0) is 22.9. The third-order valence-electron chi connectivity index (χ3n) is 7.29. The van der Waals surface area contributed by atoms with E-state index in [4.69, 9.17) is 0 Å². The van der Waals surface area contributed by atoms with E-state index in [1.165, 1.54) is 0 Å². The maximum atomic E-state index is 13.2. The van der Waals surface area contributed by atoms with Crippen LogP contribution in [-0.2, 0) is 26.0 Å². The molecule has 0 N–H and O–H groups in total. The second-order valence-electron chi connectivity index (χ2n) is 9.77.